The van der Waals surface area contributed by atoms with Crippen molar-refractivity contribution < 1.29 is 19.1 Å². The molecule has 2 aliphatic rings. The first-order valence-electron chi connectivity index (χ1n) is 6.96. The molecular weight excluding hydrogens is 286 g/mol. The predicted octanol–water partition coefficient (Wildman–Crippen LogP) is 0.239. The zero-order valence-corrected chi connectivity index (χ0v) is 12.2. The molecule has 114 valence electrons. The number of hydrogen-bond donors (Lipinski definition) is 1. The second-order valence-corrected chi connectivity index (χ2v) is 5.10. The topological polar surface area (TPSA) is 88.1 Å². The third kappa shape index (κ3) is 1.97. The Kier molecular flexibility index (Phi) is 3.40. The van der Waals surface area contributed by atoms with Gasteiger partial charge in [-0.1, -0.05) is 19.1 Å². The van der Waals surface area contributed by atoms with E-state index in [0.29, 0.717) is 5.69 Å². The van der Waals surface area contributed by atoms with Crippen LogP contribution in [0.1, 0.15) is 12.5 Å². The molecule has 0 saturated carbocycles. The number of carbonyl (C=O) groups is 3. The summed E-state index contributed by atoms with van der Waals surface area (Å²) < 4.78 is 4.61. The molecule has 7 heteroatoms. The highest BCUT2D eigenvalue weighted by Gasteiger charge is 2.55. The van der Waals surface area contributed by atoms with Crippen LogP contribution in [0, 0.1) is 5.92 Å². The van der Waals surface area contributed by atoms with Crippen molar-refractivity contribution >= 4 is 29.2 Å². The Labute approximate surface area is 126 Å². The Hall–Kier alpha value is -2.70. The number of rotatable bonds is 3. The number of fused-ring (bicyclic) bond motifs is 1. The number of esters is 1. The van der Waals surface area contributed by atoms with Crippen molar-refractivity contribution in [1.29, 1.82) is 0 Å². The molecule has 0 bridgehead atoms. The number of hydrogen-bond acceptors (Lipinski definition) is 6. The normalized spacial score (nSPS) is 23.2. The van der Waals surface area contributed by atoms with Gasteiger partial charge >= 0.3 is 5.97 Å². The Morgan fingerprint density at radius 1 is 1.27 bits per heavy atom. The van der Waals surface area contributed by atoms with Crippen LogP contribution in [0.4, 0.5) is 5.69 Å². The lowest BCUT2D eigenvalue weighted by Crippen LogP contribution is -2.36. The maximum atomic E-state index is 12.6. The van der Waals surface area contributed by atoms with E-state index in [0.717, 1.165) is 16.9 Å². The van der Waals surface area contributed by atoms with Gasteiger partial charge in [-0.15, -0.1) is 0 Å². The molecule has 22 heavy (non-hydrogen) atoms. The summed E-state index contributed by atoms with van der Waals surface area (Å²) >= 11 is 0. The lowest BCUT2D eigenvalue weighted by Gasteiger charge is -2.15. The summed E-state index contributed by atoms with van der Waals surface area (Å²) in [5.41, 5.74) is 4.11. The van der Waals surface area contributed by atoms with E-state index in [-0.39, 0.29) is 5.71 Å². The van der Waals surface area contributed by atoms with E-state index in [9.17, 15) is 14.4 Å². The van der Waals surface area contributed by atoms with E-state index >= 15 is 0 Å². The highest BCUT2D eigenvalue weighted by Crippen LogP contribution is 2.30. The molecule has 0 radical (unpaired) electrons. The maximum absolute atomic E-state index is 12.6. The van der Waals surface area contributed by atoms with Crippen LogP contribution in [-0.4, -0.2) is 36.6 Å². The Balaban J connectivity index is 1.92. The summed E-state index contributed by atoms with van der Waals surface area (Å²) in [7, 11) is 1.21. The molecular formula is C15H15N3O4. The molecule has 2 atom stereocenters. The van der Waals surface area contributed by atoms with Crippen molar-refractivity contribution in [2.75, 3.05) is 12.0 Å². The van der Waals surface area contributed by atoms with E-state index in [4.69, 9.17) is 0 Å². The van der Waals surface area contributed by atoms with Crippen molar-refractivity contribution in [3.63, 3.8) is 0 Å². The van der Waals surface area contributed by atoms with Crippen molar-refractivity contribution in [1.82, 2.24) is 5.43 Å². The largest absolute Gasteiger partial charge is 0.464 e. The van der Waals surface area contributed by atoms with E-state index in [1.165, 1.54) is 7.11 Å². The molecule has 1 aromatic rings. The maximum Gasteiger partial charge on any atom is 0.355 e. The first-order chi connectivity index (χ1) is 10.6. The highest BCUT2D eigenvalue weighted by molar-refractivity contribution is 6.46. The van der Waals surface area contributed by atoms with E-state index in [1.807, 2.05) is 19.1 Å². The van der Waals surface area contributed by atoms with Gasteiger partial charge in [0.2, 0.25) is 5.91 Å². The van der Waals surface area contributed by atoms with Crippen molar-refractivity contribution in [2.45, 2.75) is 19.4 Å². The van der Waals surface area contributed by atoms with Gasteiger partial charge in [-0.2, -0.15) is 5.10 Å². The number of carbonyl (C=O) groups excluding carboxylic acids is 3. The van der Waals surface area contributed by atoms with Crippen LogP contribution in [0.2, 0.25) is 0 Å². The van der Waals surface area contributed by atoms with Gasteiger partial charge in [-0.25, -0.2) is 9.69 Å². The molecule has 7 nitrogen and oxygen atoms in total. The Morgan fingerprint density at radius 2 is 1.95 bits per heavy atom. The summed E-state index contributed by atoms with van der Waals surface area (Å²) in [6, 6.07) is 6.35. The Bertz CT molecular complexity index is 681. The smallest absolute Gasteiger partial charge is 0.355 e. The van der Waals surface area contributed by atoms with Crippen LogP contribution >= 0.6 is 0 Å². The first-order valence-corrected chi connectivity index (χ1v) is 6.96. The molecule has 0 spiro atoms. The minimum absolute atomic E-state index is 0.0569. The van der Waals surface area contributed by atoms with Crippen LogP contribution in [0.5, 0.6) is 0 Å². The quantitative estimate of drug-likeness (QED) is 0.638. The zero-order valence-electron chi connectivity index (χ0n) is 12.2. The summed E-state index contributed by atoms with van der Waals surface area (Å²) in [4.78, 5) is 37.7. The van der Waals surface area contributed by atoms with E-state index in [2.05, 4.69) is 15.3 Å². The third-order valence-electron chi connectivity index (χ3n) is 3.92. The number of imide groups is 1. The van der Waals surface area contributed by atoms with Crippen molar-refractivity contribution in [3.8, 4) is 0 Å². The molecule has 0 aliphatic carbocycles. The summed E-state index contributed by atoms with van der Waals surface area (Å²) in [5.74, 6) is -2.51. The van der Waals surface area contributed by atoms with Crippen molar-refractivity contribution in [3.05, 3.63) is 29.8 Å². The molecule has 2 aliphatic heterocycles. The summed E-state index contributed by atoms with van der Waals surface area (Å²) in [6.07, 6.45) is 0.869. The summed E-state index contributed by atoms with van der Waals surface area (Å²) in [6.45, 7) is 2.02. The SMILES string of the molecule is CCc1ccc(N2C(=O)[C@@H]3C(C(=O)OC)=NN[C@H]3C2=O)cc1. The number of anilines is 1. The van der Waals surface area contributed by atoms with Gasteiger partial charge in [0.1, 0.15) is 12.0 Å². The van der Waals surface area contributed by atoms with Gasteiger partial charge in [-0.3, -0.25) is 15.0 Å². The first kappa shape index (κ1) is 14.2. The van der Waals surface area contributed by atoms with Crippen LogP contribution in [-0.2, 0) is 25.5 Å². The fourth-order valence-electron chi connectivity index (χ4n) is 2.70. The molecule has 1 aromatic carbocycles. The second kappa shape index (κ2) is 5.25. The molecule has 1 saturated heterocycles. The molecule has 0 unspecified atom stereocenters. The zero-order chi connectivity index (χ0) is 15.9. The number of aryl methyl sites for hydroxylation is 1. The van der Waals surface area contributed by atoms with Gasteiger partial charge in [0, 0.05) is 0 Å². The van der Waals surface area contributed by atoms with Gasteiger partial charge in [-0.05, 0) is 24.1 Å². The lowest BCUT2D eigenvalue weighted by molar-refractivity contribution is -0.133. The number of amides is 2. The summed E-state index contributed by atoms with van der Waals surface area (Å²) in [5, 5.41) is 3.77. The minimum atomic E-state index is -0.925. The second-order valence-electron chi connectivity index (χ2n) is 5.10. The molecule has 2 amide bonds. The van der Waals surface area contributed by atoms with Gasteiger partial charge < -0.3 is 4.74 Å². The monoisotopic (exact) mass is 301 g/mol. The standard InChI is InChI=1S/C15H15N3O4/c1-3-8-4-6-9(7-5-8)18-13(19)10-11(14(18)20)16-17-12(10)15(21)22-2/h4-7,10-11,16H,3H2,1-2H3/t10-,11+/m0/s1. The molecule has 2 heterocycles. The average molecular weight is 301 g/mol. The number of nitrogens with zero attached hydrogens (tertiary/aromatic N) is 2. The number of hydrazone groups is 1. The van der Waals surface area contributed by atoms with Gasteiger partial charge in [0.05, 0.1) is 12.8 Å². The number of benzene rings is 1. The average Bonchev–Trinajstić information content (AvgIpc) is 3.08. The Morgan fingerprint density at radius 3 is 2.55 bits per heavy atom. The minimum Gasteiger partial charge on any atom is -0.464 e. The fraction of sp³-hybridized carbons (Fsp3) is 0.333. The van der Waals surface area contributed by atoms with Crippen LogP contribution < -0.4 is 10.3 Å². The van der Waals surface area contributed by atoms with Crippen LogP contribution in [0.25, 0.3) is 0 Å². The highest BCUT2D eigenvalue weighted by atomic mass is 16.5. The number of methoxy groups -OCH3 is 1. The molecule has 1 fully saturated rings. The van der Waals surface area contributed by atoms with Gasteiger partial charge in [0.25, 0.3) is 5.91 Å². The molecule has 1 N–H and O–H groups in total. The lowest BCUT2D eigenvalue weighted by atomic mass is 9.99. The molecule has 3 rings (SSSR count). The number of nitrogens with one attached hydrogen (secondary N) is 1. The predicted molar refractivity (Wildman–Crippen MR) is 78.2 cm³/mol. The van der Waals surface area contributed by atoms with E-state index < -0.39 is 29.7 Å². The van der Waals surface area contributed by atoms with Crippen LogP contribution in [0.15, 0.2) is 29.4 Å². The van der Waals surface area contributed by atoms with Crippen LogP contribution in [0.3, 0.4) is 0 Å². The molecule has 0 aromatic heterocycles. The van der Waals surface area contributed by atoms with Gasteiger partial charge in [0.15, 0.2) is 5.71 Å². The third-order valence-corrected chi connectivity index (χ3v) is 3.92. The number of ether oxygens (including phenoxy) is 1. The fourth-order valence-corrected chi connectivity index (χ4v) is 2.70. The van der Waals surface area contributed by atoms with E-state index in [1.54, 1.807) is 12.1 Å². The van der Waals surface area contributed by atoms with Crippen molar-refractivity contribution in [2.24, 2.45) is 11.0 Å².